The molecule has 0 aromatic heterocycles. The van der Waals surface area contributed by atoms with Gasteiger partial charge in [0.2, 0.25) is 17.7 Å². The smallest absolute Gasteiger partial charge is 0.248 e. The van der Waals surface area contributed by atoms with Crippen LogP contribution in [-0.4, -0.2) is 36.9 Å². The van der Waals surface area contributed by atoms with Crippen LogP contribution < -0.4 is 26.4 Å². The number of nitrogens with one attached hydrogen (secondary N) is 3. The van der Waals surface area contributed by atoms with Gasteiger partial charge in [0.15, 0.2) is 0 Å². The fourth-order valence-corrected chi connectivity index (χ4v) is 7.61. The van der Waals surface area contributed by atoms with E-state index in [-0.39, 0.29) is 27.5 Å². The third kappa shape index (κ3) is 5.70. The number of primary amides is 1. The molecule has 4 atom stereocenters. The minimum absolute atomic E-state index is 0.118. The zero-order chi connectivity index (χ0) is 34.5. The molecule has 8 nitrogen and oxygen atoms in total. The summed E-state index contributed by atoms with van der Waals surface area (Å²) in [6.45, 7) is 6.15. The van der Waals surface area contributed by atoms with Crippen LogP contribution in [0, 0.1) is 11.2 Å². The Bertz CT molecular complexity index is 1960. The second-order valence-electron chi connectivity index (χ2n) is 13.4. The molecule has 0 radical (unpaired) electrons. The van der Waals surface area contributed by atoms with Crippen LogP contribution in [0.5, 0.6) is 5.75 Å². The molecule has 0 bridgehead atoms. The molecule has 1 saturated heterocycles. The van der Waals surface area contributed by atoms with Crippen molar-refractivity contribution < 1.29 is 23.5 Å². The van der Waals surface area contributed by atoms with Crippen molar-refractivity contribution in [2.45, 2.75) is 50.6 Å². The quantitative estimate of drug-likeness (QED) is 0.162. The predicted molar refractivity (Wildman–Crippen MR) is 186 cm³/mol. The highest BCUT2D eigenvalue weighted by Crippen LogP contribution is 2.57. The topological polar surface area (TPSA) is 123 Å². The summed E-state index contributed by atoms with van der Waals surface area (Å²) in [5, 5.41) is 9.85. The number of nitrogens with two attached hydrogens (primary N) is 1. The van der Waals surface area contributed by atoms with E-state index in [1.165, 1.54) is 19.2 Å². The molecule has 11 heteroatoms. The summed E-state index contributed by atoms with van der Waals surface area (Å²) in [4.78, 5) is 40.9. The Balaban J connectivity index is 1.51. The van der Waals surface area contributed by atoms with Gasteiger partial charge in [-0.1, -0.05) is 80.4 Å². The van der Waals surface area contributed by atoms with Crippen LogP contribution in [0.15, 0.2) is 78.9 Å². The lowest BCUT2D eigenvalue weighted by Gasteiger charge is -2.37. The molecule has 1 fully saturated rings. The van der Waals surface area contributed by atoms with Gasteiger partial charge in [-0.15, -0.1) is 0 Å². The molecule has 48 heavy (non-hydrogen) atoms. The highest BCUT2D eigenvalue weighted by Gasteiger charge is 2.66. The molecule has 0 unspecified atom stereocenters. The van der Waals surface area contributed by atoms with Crippen molar-refractivity contribution >= 4 is 52.3 Å². The van der Waals surface area contributed by atoms with E-state index in [1.807, 2.05) is 32.9 Å². The van der Waals surface area contributed by atoms with Crippen molar-refractivity contribution in [3.05, 3.63) is 111 Å². The van der Waals surface area contributed by atoms with Crippen molar-refractivity contribution in [3.63, 3.8) is 0 Å². The fraction of sp³-hybridized carbons (Fsp3) is 0.270. The maximum Gasteiger partial charge on any atom is 0.248 e. The highest BCUT2D eigenvalue weighted by molar-refractivity contribution is 6.31. The van der Waals surface area contributed by atoms with E-state index >= 15 is 4.39 Å². The number of ether oxygens (including phenoxy) is 1. The van der Waals surface area contributed by atoms with Gasteiger partial charge in [0.25, 0.3) is 0 Å². The molecular weight excluding hydrogens is 654 g/mol. The van der Waals surface area contributed by atoms with E-state index in [2.05, 4.69) is 16.0 Å². The molecule has 248 valence electrons. The van der Waals surface area contributed by atoms with Crippen LogP contribution in [0.2, 0.25) is 10.0 Å². The number of rotatable bonds is 7. The van der Waals surface area contributed by atoms with Gasteiger partial charge in [0, 0.05) is 45.0 Å². The number of benzene rings is 4. The largest absolute Gasteiger partial charge is 0.496 e. The van der Waals surface area contributed by atoms with E-state index in [9.17, 15) is 14.4 Å². The molecule has 2 aliphatic rings. The first-order valence-corrected chi connectivity index (χ1v) is 16.2. The Hall–Kier alpha value is -4.44. The Labute approximate surface area is 288 Å². The standard InChI is InChI=1S/C37H35Cl2FN4O4/c1-36(2,3)18-29-37(24-15-13-20(38)17-27(24)43-35(37)47)30(23-9-7-10-25(39)31(23)40)32(44-29)34(46)42-26-11-6-5-8-21(26)22-14-12-19(33(41)45)16-28(22)48-4/h5-17,29-30,32,44H,18H2,1-4H3,(H2,41,45)(H,42,46)(H,43,47)/t29-,30-,32+,37+/m0/s1. The first-order chi connectivity index (χ1) is 22.8. The Morgan fingerprint density at radius 1 is 1.00 bits per heavy atom. The maximum atomic E-state index is 16.2. The lowest BCUT2D eigenvalue weighted by atomic mass is 9.62. The number of hydrogen-bond acceptors (Lipinski definition) is 5. The van der Waals surface area contributed by atoms with Crippen molar-refractivity contribution in [1.29, 1.82) is 0 Å². The van der Waals surface area contributed by atoms with Gasteiger partial charge in [0.05, 0.1) is 18.2 Å². The maximum absolute atomic E-state index is 16.2. The summed E-state index contributed by atoms with van der Waals surface area (Å²) in [6.07, 6.45) is 0.477. The van der Waals surface area contributed by atoms with Gasteiger partial charge < -0.3 is 26.4 Å². The zero-order valence-corrected chi connectivity index (χ0v) is 28.3. The van der Waals surface area contributed by atoms with E-state index < -0.39 is 41.0 Å². The van der Waals surface area contributed by atoms with Crippen molar-refractivity contribution in [3.8, 4) is 16.9 Å². The first kappa shape index (κ1) is 33.5. The van der Waals surface area contributed by atoms with Gasteiger partial charge in [-0.3, -0.25) is 14.4 Å². The van der Waals surface area contributed by atoms with E-state index in [1.54, 1.807) is 54.6 Å². The third-order valence-corrected chi connectivity index (χ3v) is 9.71. The van der Waals surface area contributed by atoms with E-state index in [0.29, 0.717) is 45.3 Å². The first-order valence-electron chi connectivity index (χ1n) is 15.5. The number of methoxy groups -OCH3 is 1. The minimum atomic E-state index is -1.39. The van der Waals surface area contributed by atoms with Crippen LogP contribution in [0.4, 0.5) is 15.8 Å². The second-order valence-corrected chi connectivity index (χ2v) is 14.3. The summed E-state index contributed by atoms with van der Waals surface area (Å²) in [5.41, 5.74) is 7.01. The van der Waals surface area contributed by atoms with Crippen LogP contribution in [-0.2, 0) is 15.0 Å². The summed E-state index contributed by atoms with van der Waals surface area (Å²) < 4.78 is 21.7. The Morgan fingerprint density at radius 2 is 1.75 bits per heavy atom. The highest BCUT2D eigenvalue weighted by atomic mass is 35.5. The molecule has 4 aromatic carbocycles. The average Bonchev–Trinajstić information content (AvgIpc) is 3.51. The normalized spacial score (nSPS) is 21.6. The summed E-state index contributed by atoms with van der Waals surface area (Å²) in [7, 11) is 1.48. The molecule has 2 aliphatic heterocycles. The van der Waals surface area contributed by atoms with Crippen LogP contribution in [0.25, 0.3) is 11.1 Å². The number of para-hydroxylation sites is 1. The lowest BCUT2D eigenvalue weighted by Crippen LogP contribution is -2.49. The number of carbonyl (C=O) groups is 3. The van der Waals surface area contributed by atoms with Crippen LogP contribution >= 0.6 is 23.2 Å². The number of anilines is 2. The molecular formula is C37H35Cl2FN4O4. The van der Waals surface area contributed by atoms with Gasteiger partial charge in [-0.05, 0) is 65.4 Å². The van der Waals surface area contributed by atoms with Crippen LogP contribution in [0.3, 0.4) is 0 Å². The SMILES string of the molecule is COc1cc(C(N)=O)ccc1-c1ccccc1NC(=O)[C@@H]1N[C@@H](CC(C)(C)C)[C@@]2(C(=O)Nc3cc(Cl)ccc32)[C@H]1c1cccc(Cl)c1F. The summed E-state index contributed by atoms with van der Waals surface area (Å²) in [6, 6.07) is 20.1. The number of fused-ring (bicyclic) bond motifs is 2. The summed E-state index contributed by atoms with van der Waals surface area (Å²) in [5.74, 6) is -2.78. The van der Waals surface area contributed by atoms with Gasteiger partial charge in [-0.2, -0.15) is 0 Å². The zero-order valence-electron chi connectivity index (χ0n) is 26.8. The Kier molecular flexibility index (Phi) is 8.74. The average molecular weight is 690 g/mol. The number of halogens is 3. The van der Waals surface area contributed by atoms with Gasteiger partial charge in [0.1, 0.15) is 17.0 Å². The molecule has 2 heterocycles. The van der Waals surface area contributed by atoms with Crippen molar-refractivity contribution in [2.75, 3.05) is 17.7 Å². The van der Waals surface area contributed by atoms with Crippen LogP contribution in [0.1, 0.15) is 54.6 Å². The molecule has 3 amide bonds. The van der Waals surface area contributed by atoms with Crippen molar-refractivity contribution in [1.82, 2.24) is 5.32 Å². The number of carbonyl (C=O) groups excluding carboxylic acids is 3. The molecule has 0 saturated carbocycles. The predicted octanol–water partition coefficient (Wildman–Crippen LogP) is 7.30. The molecule has 4 aromatic rings. The third-order valence-electron chi connectivity index (χ3n) is 9.18. The second kappa shape index (κ2) is 12.5. The lowest BCUT2D eigenvalue weighted by molar-refractivity contribution is -0.122. The number of amides is 3. The van der Waals surface area contributed by atoms with E-state index in [0.717, 1.165) is 0 Å². The minimum Gasteiger partial charge on any atom is -0.496 e. The Morgan fingerprint density at radius 3 is 2.46 bits per heavy atom. The molecule has 6 rings (SSSR count). The summed E-state index contributed by atoms with van der Waals surface area (Å²) >= 11 is 12.7. The van der Waals surface area contributed by atoms with E-state index in [4.69, 9.17) is 33.7 Å². The van der Waals surface area contributed by atoms with Gasteiger partial charge in [-0.25, -0.2) is 4.39 Å². The molecule has 0 aliphatic carbocycles. The molecule has 5 N–H and O–H groups in total. The monoisotopic (exact) mass is 688 g/mol. The van der Waals surface area contributed by atoms with Crippen molar-refractivity contribution in [2.24, 2.45) is 11.1 Å². The molecule has 1 spiro atoms. The fourth-order valence-electron chi connectivity index (χ4n) is 7.26. The van der Waals surface area contributed by atoms with Gasteiger partial charge >= 0.3 is 0 Å². The number of hydrogen-bond donors (Lipinski definition) is 4.